The highest BCUT2D eigenvalue weighted by Crippen LogP contribution is 2.29. The second kappa shape index (κ2) is 8.34. The number of nitrogens with one attached hydrogen (secondary N) is 2. The summed E-state index contributed by atoms with van der Waals surface area (Å²) in [4.78, 5) is 15.0. The first kappa shape index (κ1) is 21.6. The van der Waals surface area contributed by atoms with Gasteiger partial charge in [-0.05, 0) is 55.0 Å². The van der Waals surface area contributed by atoms with Crippen LogP contribution in [0.25, 0.3) is 0 Å². The highest BCUT2D eigenvalue weighted by Gasteiger charge is 2.38. The fraction of sp³-hybridized carbons (Fsp3) is 0.381. The number of hydrogen-bond donors (Lipinski definition) is 2. The van der Waals surface area contributed by atoms with Crippen molar-refractivity contribution in [2.75, 3.05) is 30.9 Å². The molecule has 2 aromatic rings. The first-order valence-electron chi connectivity index (χ1n) is 9.54. The van der Waals surface area contributed by atoms with Crippen LogP contribution in [0.4, 0.5) is 5.69 Å². The monoisotopic (exact) mass is 435 g/mol. The summed E-state index contributed by atoms with van der Waals surface area (Å²) < 4.78 is 28.4. The van der Waals surface area contributed by atoms with Crippen molar-refractivity contribution >= 4 is 34.0 Å². The maximum atomic E-state index is 13.1. The molecule has 2 N–H and O–H groups in total. The number of sulfonamides is 1. The van der Waals surface area contributed by atoms with Crippen LogP contribution in [0.3, 0.4) is 0 Å². The minimum absolute atomic E-state index is 0. The van der Waals surface area contributed by atoms with Crippen LogP contribution >= 0.6 is 12.4 Å². The average Bonchev–Trinajstić information content (AvgIpc) is 3.25. The van der Waals surface area contributed by atoms with Gasteiger partial charge in [-0.3, -0.25) is 9.52 Å². The molecule has 2 aliphatic heterocycles. The SMILES string of the molecule is Cc1ccccc1NS(=O)(=O)c1ccc(C)c(C(=O)N2C[C@H]3CNC[C@H]3C2)c1.Cl. The van der Waals surface area contributed by atoms with E-state index >= 15 is 0 Å². The van der Waals surface area contributed by atoms with E-state index in [1.807, 2.05) is 30.9 Å². The van der Waals surface area contributed by atoms with Crippen molar-refractivity contribution in [2.24, 2.45) is 11.8 Å². The number of rotatable bonds is 4. The molecule has 4 rings (SSSR count). The van der Waals surface area contributed by atoms with Gasteiger partial charge in [0.25, 0.3) is 15.9 Å². The number of aryl methyl sites for hydroxylation is 2. The summed E-state index contributed by atoms with van der Waals surface area (Å²) in [5, 5.41) is 3.37. The number of hydrogen-bond acceptors (Lipinski definition) is 4. The van der Waals surface area contributed by atoms with E-state index in [2.05, 4.69) is 10.0 Å². The van der Waals surface area contributed by atoms with Crippen LogP contribution in [0, 0.1) is 25.7 Å². The first-order valence-corrected chi connectivity index (χ1v) is 11.0. The fourth-order valence-electron chi connectivity index (χ4n) is 4.08. The highest BCUT2D eigenvalue weighted by atomic mass is 35.5. The molecule has 0 spiro atoms. The largest absolute Gasteiger partial charge is 0.338 e. The Morgan fingerprint density at radius 3 is 2.34 bits per heavy atom. The quantitative estimate of drug-likeness (QED) is 0.774. The van der Waals surface area contributed by atoms with Gasteiger partial charge in [0.15, 0.2) is 0 Å². The van der Waals surface area contributed by atoms with Crippen molar-refractivity contribution < 1.29 is 13.2 Å². The molecular formula is C21H26ClN3O3S. The molecular weight excluding hydrogens is 410 g/mol. The van der Waals surface area contributed by atoms with Gasteiger partial charge in [-0.15, -0.1) is 12.4 Å². The van der Waals surface area contributed by atoms with Crippen molar-refractivity contribution in [2.45, 2.75) is 18.7 Å². The minimum Gasteiger partial charge on any atom is -0.338 e. The molecule has 0 aromatic heterocycles. The van der Waals surface area contributed by atoms with Gasteiger partial charge in [0, 0.05) is 31.7 Å². The highest BCUT2D eigenvalue weighted by molar-refractivity contribution is 7.92. The summed E-state index contributed by atoms with van der Waals surface area (Å²) in [6, 6.07) is 12.0. The Kier molecular flexibility index (Phi) is 6.22. The topological polar surface area (TPSA) is 78.5 Å². The Balaban J connectivity index is 0.00000240. The summed E-state index contributed by atoms with van der Waals surface area (Å²) in [6.45, 7) is 7.05. The number of halogens is 1. The van der Waals surface area contributed by atoms with Crippen LogP contribution in [-0.4, -0.2) is 45.4 Å². The van der Waals surface area contributed by atoms with Gasteiger partial charge in [-0.1, -0.05) is 24.3 Å². The number of para-hydroxylation sites is 1. The van der Waals surface area contributed by atoms with Gasteiger partial charge >= 0.3 is 0 Å². The summed E-state index contributed by atoms with van der Waals surface area (Å²) in [5.74, 6) is 0.914. The molecule has 1 amide bonds. The summed E-state index contributed by atoms with van der Waals surface area (Å²) in [7, 11) is -3.78. The third-order valence-corrected chi connectivity index (χ3v) is 7.18. The molecule has 2 heterocycles. The zero-order valence-corrected chi connectivity index (χ0v) is 18.1. The van der Waals surface area contributed by atoms with Crippen molar-refractivity contribution in [3.8, 4) is 0 Å². The van der Waals surface area contributed by atoms with E-state index in [4.69, 9.17) is 0 Å². The second-order valence-electron chi connectivity index (χ2n) is 7.79. The molecule has 0 bridgehead atoms. The number of amides is 1. The van der Waals surface area contributed by atoms with Crippen molar-refractivity contribution in [1.29, 1.82) is 0 Å². The number of carbonyl (C=O) groups is 1. The Hall–Kier alpha value is -2.09. The molecule has 156 valence electrons. The lowest BCUT2D eigenvalue weighted by atomic mass is 10.0. The zero-order chi connectivity index (χ0) is 19.9. The van der Waals surface area contributed by atoms with Crippen molar-refractivity contribution in [1.82, 2.24) is 10.2 Å². The van der Waals surface area contributed by atoms with Crippen molar-refractivity contribution in [3.05, 3.63) is 59.2 Å². The predicted molar refractivity (Wildman–Crippen MR) is 116 cm³/mol. The Morgan fingerprint density at radius 2 is 1.69 bits per heavy atom. The number of fused-ring (bicyclic) bond motifs is 1. The van der Waals surface area contributed by atoms with Crippen LogP contribution in [0.5, 0.6) is 0 Å². The lowest BCUT2D eigenvalue weighted by Gasteiger charge is -2.19. The van der Waals surface area contributed by atoms with Gasteiger partial charge in [-0.2, -0.15) is 0 Å². The molecule has 0 saturated carbocycles. The van der Waals surface area contributed by atoms with Crippen LogP contribution < -0.4 is 10.0 Å². The van der Waals surface area contributed by atoms with Gasteiger partial charge in [-0.25, -0.2) is 8.42 Å². The Bertz CT molecular complexity index is 1010. The molecule has 2 aromatic carbocycles. The van der Waals surface area contributed by atoms with E-state index in [0.29, 0.717) is 23.1 Å². The summed E-state index contributed by atoms with van der Waals surface area (Å²) >= 11 is 0. The zero-order valence-electron chi connectivity index (χ0n) is 16.5. The maximum absolute atomic E-state index is 13.1. The molecule has 2 atom stereocenters. The third-order valence-electron chi connectivity index (χ3n) is 5.82. The molecule has 0 unspecified atom stereocenters. The van der Waals surface area contributed by atoms with Gasteiger partial charge in [0.2, 0.25) is 0 Å². The number of anilines is 1. The lowest BCUT2D eigenvalue weighted by Crippen LogP contribution is -2.32. The van der Waals surface area contributed by atoms with Crippen LogP contribution in [0.2, 0.25) is 0 Å². The van der Waals surface area contributed by atoms with E-state index in [1.54, 1.807) is 24.3 Å². The van der Waals surface area contributed by atoms with Gasteiger partial charge in [0.05, 0.1) is 10.6 Å². The van der Waals surface area contributed by atoms with Crippen molar-refractivity contribution in [3.63, 3.8) is 0 Å². The maximum Gasteiger partial charge on any atom is 0.261 e. The normalized spacial score (nSPS) is 20.8. The Labute approximate surface area is 178 Å². The van der Waals surface area contributed by atoms with Gasteiger partial charge < -0.3 is 10.2 Å². The van der Waals surface area contributed by atoms with Gasteiger partial charge in [0.1, 0.15) is 0 Å². The van der Waals surface area contributed by atoms with E-state index in [-0.39, 0.29) is 23.2 Å². The number of likely N-dealkylation sites (tertiary alicyclic amines) is 1. The standard InChI is InChI=1S/C21H25N3O3S.ClH/c1-14-7-8-18(28(26,27)23-20-6-4-3-5-15(20)2)9-19(14)21(25)24-12-16-10-22-11-17(16)13-24;/h3-9,16-17,22-23H,10-13H2,1-2H3;1H/t16-,17+;. The van der Waals surface area contributed by atoms with E-state index in [9.17, 15) is 13.2 Å². The number of nitrogens with zero attached hydrogens (tertiary/aromatic N) is 1. The smallest absolute Gasteiger partial charge is 0.261 e. The van der Waals surface area contributed by atoms with Crippen LogP contribution in [0.15, 0.2) is 47.4 Å². The molecule has 29 heavy (non-hydrogen) atoms. The van der Waals surface area contributed by atoms with Crippen LogP contribution in [0.1, 0.15) is 21.5 Å². The lowest BCUT2D eigenvalue weighted by molar-refractivity contribution is 0.0780. The van der Waals surface area contributed by atoms with E-state index < -0.39 is 10.0 Å². The number of carbonyl (C=O) groups excluding carboxylic acids is 1. The number of benzene rings is 2. The summed E-state index contributed by atoms with van der Waals surface area (Å²) in [6.07, 6.45) is 0. The van der Waals surface area contributed by atoms with E-state index in [1.165, 1.54) is 6.07 Å². The first-order chi connectivity index (χ1) is 13.3. The molecule has 2 fully saturated rings. The predicted octanol–water partition coefficient (Wildman–Crippen LogP) is 2.82. The Morgan fingerprint density at radius 1 is 1.03 bits per heavy atom. The molecule has 8 heteroatoms. The molecule has 0 radical (unpaired) electrons. The average molecular weight is 436 g/mol. The van der Waals surface area contributed by atoms with E-state index in [0.717, 1.165) is 37.3 Å². The summed E-state index contributed by atoms with van der Waals surface area (Å²) in [5.41, 5.74) is 2.62. The third kappa shape index (κ3) is 4.27. The molecule has 0 aliphatic carbocycles. The van der Waals surface area contributed by atoms with Crippen LogP contribution in [-0.2, 0) is 10.0 Å². The minimum atomic E-state index is -3.78. The molecule has 2 aliphatic rings. The second-order valence-corrected chi connectivity index (χ2v) is 9.47. The molecule has 2 saturated heterocycles. The molecule has 6 nitrogen and oxygen atoms in total. The fourth-order valence-corrected chi connectivity index (χ4v) is 5.24.